The molecule has 15 heteroatoms. The van der Waals surface area contributed by atoms with Crippen LogP contribution in [0.5, 0.6) is 11.5 Å². The van der Waals surface area contributed by atoms with Gasteiger partial charge in [-0.25, -0.2) is 9.37 Å². The predicted molar refractivity (Wildman–Crippen MR) is 164 cm³/mol. The number of anilines is 1. The van der Waals surface area contributed by atoms with E-state index in [1.54, 1.807) is 25.1 Å². The van der Waals surface area contributed by atoms with E-state index in [0.29, 0.717) is 48.5 Å². The maximum atomic E-state index is 14.8. The highest BCUT2D eigenvalue weighted by Crippen LogP contribution is 2.50. The number of halogens is 5. The molecule has 7 rings (SSSR count). The Morgan fingerprint density at radius 2 is 1.87 bits per heavy atom. The van der Waals surface area contributed by atoms with Gasteiger partial charge >= 0.3 is 6.18 Å². The van der Waals surface area contributed by atoms with Gasteiger partial charge in [0, 0.05) is 37.1 Å². The lowest BCUT2D eigenvalue weighted by Gasteiger charge is -2.36. The molecule has 5 heterocycles. The molecule has 0 aliphatic carbocycles. The molecule has 2 fully saturated rings. The van der Waals surface area contributed by atoms with Crippen LogP contribution in [0.4, 0.5) is 23.2 Å². The smallest absolute Gasteiger partial charge is 0.444 e. The van der Waals surface area contributed by atoms with Crippen LogP contribution in [-0.2, 0) is 23.2 Å². The van der Waals surface area contributed by atoms with Gasteiger partial charge in [0.25, 0.3) is 5.79 Å². The summed E-state index contributed by atoms with van der Waals surface area (Å²) in [6.07, 6.45) is -3.01. The number of piperidine rings is 1. The van der Waals surface area contributed by atoms with E-state index < -0.39 is 23.6 Å². The molecule has 2 aromatic carbocycles. The Bertz CT molecular complexity index is 1780. The first-order valence-corrected chi connectivity index (χ1v) is 15.8. The second-order valence-electron chi connectivity index (χ2n) is 12.2. The number of aromatic nitrogens is 5. The Balaban J connectivity index is 1.08. The van der Waals surface area contributed by atoms with E-state index >= 15 is 0 Å². The van der Waals surface area contributed by atoms with E-state index in [4.69, 9.17) is 25.8 Å². The van der Waals surface area contributed by atoms with Gasteiger partial charge in [0.2, 0.25) is 11.6 Å². The van der Waals surface area contributed by atoms with Gasteiger partial charge in [-0.1, -0.05) is 23.7 Å². The number of ether oxygens (including phenoxy) is 3. The summed E-state index contributed by atoms with van der Waals surface area (Å²) in [5.74, 6) is -1.82. The van der Waals surface area contributed by atoms with Crippen molar-refractivity contribution in [3.63, 3.8) is 0 Å². The molecule has 3 aliphatic rings. The normalized spacial score (nSPS) is 22.2. The fraction of sp³-hybridized carbons (Fsp3) is 0.438. The van der Waals surface area contributed by atoms with Gasteiger partial charge in [0.1, 0.15) is 17.2 Å². The molecule has 0 saturated carbocycles. The maximum absolute atomic E-state index is 14.8. The van der Waals surface area contributed by atoms with Crippen LogP contribution in [0.15, 0.2) is 42.5 Å². The van der Waals surface area contributed by atoms with Crippen molar-refractivity contribution in [1.29, 1.82) is 0 Å². The molecule has 0 spiro atoms. The van der Waals surface area contributed by atoms with Crippen molar-refractivity contribution < 1.29 is 31.8 Å². The molecule has 47 heavy (non-hydrogen) atoms. The summed E-state index contributed by atoms with van der Waals surface area (Å²) in [5, 5.41) is 14.7. The number of likely N-dealkylation sites (tertiary alicyclic amines) is 1. The van der Waals surface area contributed by atoms with Crippen LogP contribution in [0.3, 0.4) is 0 Å². The third-order valence-electron chi connectivity index (χ3n) is 8.84. The third kappa shape index (κ3) is 6.33. The number of rotatable bonds is 6. The minimum Gasteiger partial charge on any atom is -0.444 e. The van der Waals surface area contributed by atoms with Crippen molar-refractivity contribution in [1.82, 2.24) is 30.3 Å². The highest BCUT2D eigenvalue weighted by Gasteiger charge is 2.43. The summed E-state index contributed by atoms with van der Waals surface area (Å²) in [7, 11) is 0. The number of para-hydroxylation sites is 1. The van der Waals surface area contributed by atoms with Crippen molar-refractivity contribution in [2.75, 3.05) is 37.7 Å². The molecule has 10 nitrogen and oxygen atoms in total. The number of alkyl halides is 3. The molecule has 2 aromatic heterocycles. The van der Waals surface area contributed by atoms with Crippen LogP contribution in [0.25, 0.3) is 11.5 Å². The topological polar surface area (TPSA) is 102 Å². The summed E-state index contributed by atoms with van der Waals surface area (Å²) in [6, 6.07) is 11.9. The lowest BCUT2D eigenvalue weighted by atomic mass is 9.88. The Morgan fingerprint density at radius 3 is 2.60 bits per heavy atom. The summed E-state index contributed by atoms with van der Waals surface area (Å²) in [4.78, 5) is 8.01. The van der Waals surface area contributed by atoms with E-state index in [2.05, 4.69) is 30.1 Å². The first-order chi connectivity index (χ1) is 22.5. The van der Waals surface area contributed by atoms with E-state index in [1.165, 1.54) is 6.07 Å². The second kappa shape index (κ2) is 12.2. The van der Waals surface area contributed by atoms with Crippen LogP contribution >= 0.6 is 11.6 Å². The molecule has 2 atom stereocenters. The van der Waals surface area contributed by atoms with E-state index in [0.717, 1.165) is 37.2 Å². The number of benzene rings is 2. The molecule has 0 amide bonds. The molecule has 0 bridgehead atoms. The monoisotopic (exact) mass is 673 g/mol. The Morgan fingerprint density at radius 1 is 1.06 bits per heavy atom. The van der Waals surface area contributed by atoms with Gasteiger partial charge in [-0.2, -0.15) is 23.4 Å². The van der Waals surface area contributed by atoms with Crippen LogP contribution < -0.4 is 14.4 Å². The van der Waals surface area contributed by atoms with Gasteiger partial charge in [0.15, 0.2) is 11.5 Å². The van der Waals surface area contributed by atoms with Crippen molar-refractivity contribution in [2.45, 2.75) is 57.2 Å². The summed E-state index contributed by atoms with van der Waals surface area (Å²) in [6.45, 7) is 7.41. The van der Waals surface area contributed by atoms with Gasteiger partial charge in [-0.3, -0.25) is 10.00 Å². The molecular formula is C32H32ClF4N7O3. The first-order valence-electron chi connectivity index (χ1n) is 15.4. The SMILES string of the molecule is C[C@H]1CN(c2cc(-c3n[nH]c(C(F)(F)F)n3)nnc2CN2CCC(c3cccc4c3O[C@](C)(c3ccc(Cl)cc3F)O4)CC2)CCO1. The number of aromatic amines is 1. The number of hydrogen-bond donors (Lipinski definition) is 1. The molecule has 0 radical (unpaired) electrons. The van der Waals surface area contributed by atoms with E-state index in [-0.39, 0.29) is 29.1 Å². The van der Waals surface area contributed by atoms with Crippen LogP contribution in [0.2, 0.25) is 5.02 Å². The van der Waals surface area contributed by atoms with Crippen LogP contribution in [0, 0.1) is 5.82 Å². The number of hydrogen-bond acceptors (Lipinski definition) is 9. The zero-order valence-electron chi connectivity index (χ0n) is 25.7. The molecule has 0 unspecified atom stereocenters. The molecule has 2 saturated heterocycles. The minimum atomic E-state index is -4.65. The molecule has 248 valence electrons. The maximum Gasteiger partial charge on any atom is 0.451 e. The Labute approximate surface area is 273 Å². The van der Waals surface area contributed by atoms with Gasteiger partial charge in [-0.15, -0.1) is 5.10 Å². The number of nitrogens with zero attached hydrogens (tertiary/aromatic N) is 6. The van der Waals surface area contributed by atoms with E-state index in [1.807, 2.05) is 30.2 Å². The van der Waals surface area contributed by atoms with Gasteiger partial charge < -0.3 is 19.1 Å². The van der Waals surface area contributed by atoms with Crippen molar-refractivity contribution in [3.05, 3.63) is 75.9 Å². The Kier molecular flexibility index (Phi) is 8.21. The largest absolute Gasteiger partial charge is 0.451 e. The number of nitrogens with one attached hydrogen (secondary N) is 1. The average Bonchev–Trinajstić information content (AvgIpc) is 3.67. The number of fused-ring (bicyclic) bond motifs is 1. The lowest BCUT2D eigenvalue weighted by molar-refractivity contribution is -0.144. The summed E-state index contributed by atoms with van der Waals surface area (Å²) in [5.41, 5.74) is 2.91. The predicted octanol–water partition coefficient (Wildman–Crippen LogP) is 6.32. The zero-order valence-corrected chi connectivity index (χ0v) is 26.4. The van der Waals surface area contributed by atoms with Gasteiger partial charge in [0.05, 0.1) is 24.0 Å². The highest BCUT2D eigenvalue weighted by atomic mass is 35.5. The van der Waals surface area contributed by atoms with E-state index in [9.17, 15) is 17.6 Å². The Hall–Kier alpha value is -4.01. The zero-order chi connectivity index (χ0) is 32.9. The molecular weight excluding hydrogens is 642 g/mol. The fourth-order valence-electron chi connectivity index (χ4n) is 6.49. The second-order valence-corrected chi connectivity index (χ2v) is 12.6. The quantitative estimate of drug-likeness (QED) is 0.236. The summed E-state index contributed by atoms with van der Waals surface area (Å²) >= 11 is 5.97. The fourth-order valence-corrected chi connectivity index (χ4v) is 6.65. The number of H-pyrrole nitrogens is 1. The van der Waals surface area contributed by atoms with Crippen LogP contribution in [-0.4, -0.2) is 69.2 Å². The minimum absolute atomic E-state index is 0.0267. The van der Waals surface area contributed by atoms with Crippen molar-refractivity contribution >= 4 is 17.3 Å². The number of morpholine rings is 1. The highest BCUT2D eigenvalue weighted by molar-refractivity contribution is 6.30. The first kappa shape index (κ1) is 31.6. The average molecular weight is 674 g/mol. The van der Waals surface area contributed by atoms with Crippen molar-refractivity contribution in [2.24, 2.45) is 0 Å². The summed E-state index contributed by atoms with van der Waals surface area (Å²) < 4.78 is 72.5. The molecule has 3 aliphatic heterocycles. The van der Waals surface area contributed by atoms with Crippen molar-refractivity contribution in [3.8, 4) is 23.0 Å². The molecule has 1 N–H and O–H groups in total. The standard InChI is InChI=1S/C32H32ClF4N7O3/c1-18-16-44(12-13-45-18)26-15-24(29-38-30(42-41-29)32(35,36)37)39-40-25(26)17-43-10-8-19(9-11-43)21-4-3-5-27-28(21)47-31(2,46-27)22-7-6-20(33)14-23(22)34/h3-7,14-15,18-19H,8-13,16-17H2,1-2H3,(H,38,41,42)/t18-,31+/m0/s1. The third-order valence-corrected chi connectivity index (χ3v) is 9.08. The van der Waals surface area contributed by atoms with Crippen LogP contribution in [0.1, 0.15) is 55.3 Å². The lowest BCUT2D eigenvalue weighted by Crippen LogP contribution is -2.42. The van der Waals surface area contributed by atoms with Gasteiger partial charge in [-0.05, 0) is 69.1 Å². The molecule has 4 aromatic rings.